The number of carbonyl (C=O) groups is 2. The smallest absolute Gasteiger partial charge is 0.255 e. The Morgan fingerprint density at radius 1 is 1.10 bits per heavy atom. The van der Waals surface area contributed by atoms with Crippen molar-refractivity contribution in [1.29, 1.82) is 0 Å². The summed E-state index contributed by atoms with van der Waals surface area (Å²) in [6.45, 7) is 6.97. The summed E-state index contributed by atoms with van der Waals surface area (Å²) in [5.41, 5.74) is 2.27. The highest BCUT2D eigenvalue weighted by Crippen LogP contribution is 2.11. The summed E-state index contributed by atoms with van der Waals surface area (Å²) < 4.78 is 7.16. The lowest BCUT2D eigenvalue weighted by molar-refractivity contribution is -0.131. The summed E-state index contributed by atoms with van der Waals surface area (Å²) in [4.78, 5) is 26.1. The van der Waals surface area contributed by atoms with Crippen molar-refractivity contribution in [2.75, 3.05) is 25.5 Å². The van der Waals surface area contributed by atoms with E-state index in [2.05, 4.69) is 10.4 Å². The first-order chi connectivity index (χ1) is 15.0. The summed E-state index contributed by atoms with van der Waals surface area (Å²) in [6, 6.07) is 16.7. The number of nitrogens with zero attached hydrogens (tertiary/aromatic N) is 3. The molecule has 0 spiro atoms. The number of hydrogen-bond acceptors (Lipinski definition) is 4. The lowest BCUT2D eigenvalue weighted by Crippen LogP contribution is -2.33. The molecule has 1 heterocycles. The van der Waals surface area contributed by atoms with Crippen LogP contribution in [-0.4, -0.2) is 46.7 Å². The number of ether oxygens (including phenoxy) is 1. The molecule has 1 aromatic heterocycles. The fraction of sp³-hybridized carbons (Fsp3) is 0.292. The zero-order valence-electron chi connectivity index (χ0n) is 18.5. The minimum atomic E-state index is -0.221. The number of rotatable bonds is 8. The summed E-state index contributed by atoms with van der Waals surface area (Å²) >= 11 is 0. The van der Waals surface area contributed by atoms with Gasteiger partial charge < -0.3 is 15.0 Å². The lowest BCUT2D eigenvalue weighted by atomic mass is 10.2. The van der Waals surface area contributed by atoms with E-state index in [-0.39, 0.29) is 19.8 Å². The van der Waals surface area contributed by atoms with Crippen LogP contribution >= 0.6 is 0 Å². The van der Waals surface area contributed by atoms with Gasteiger partial charge in [0.05, 0.1) is 18.4 Å². The Labute approximate surface area is 185 Å². The van der Waals surface area contributed by atoms with Crippen molar-refractivity contribution in [3.05, 3.63) is 78.1 Å². The lowest BCUT2D eigenvalue weighted by Gasteiger charge is -2.17. The molecule has 0 aliphatic carbocycles. The Hall–Kier alpha value is -3.61. The highest BCUT2D eigenvalue weighted by atomic mass is 16.5. The predicted octanol–water partition coefficient (Wildman–Crippen LogP) is 4.25. The third kappa shape index (κ3) is 7.62. The van der Waals surface area contributed by atoms with Gasteiger partial charge in [0.25, 0.3) is 5.91 Å². The predicted molar refractivity (Wildman–Crippen MR) is 124 cm³/mol. The van der Waals surface area contributed by atoms with E-state index in [0.717, 1.165) is 5.75 Å². The average molecular weight is 425 g/mol. The number of likely N-dealkylation sites (N-methyl/N-ethyl adjacent to an activating group) is 1. The van der Waals surface area contributed by atoms with Crippen LogP contribution in [0.1, 0.15) is 31.2 Å². The van der Waals surface area contributed by atoms with Crippen LogP contribution in [0.5, 0.6) is 5.75 Å². The average Bonchev–Trinajstić information content (AvgIpc) is 3.23. The Kier molecular flexibility index (Phi) is 9.29. The SMILES string of the molecule is CC.Cc1ccc(OCCN(C)C(=O)Cn2cc(NC(=O)c3ccccc3)cn2)cc1.[HH]. The van der Waals surface area contributed by atoms with E-state index in [9.17, 15) is 9.59 Å². The van der Waals surface area contributed by atoms with Gasteiger partial charge in [-0.1, -0.05) is 49.7 Å². The molecule has 3 rings (SSSR count). The highest BCUT2D eigenvalue weighted by molar-refractivity contribution is 6.04. The Bertz CT molecular complexity index is 959. The van der Waals surface area contributed by atoms with Gasteiger partial charge >= 0.3 is 0 Å². The fourth-order valence-corrected chi connectivity index (χ4v) is 2.63. The Morgan fingerprint density at radius 3 is 2.45 bits per heavy atom. The number of amides is 2. The molecular formula is C24H32N4O3. The summed E-state index contributed by atoms with van der Waals surface area (Å²) in [7, 11) is 1.72. The minimum Gasteiger partial charge on any atom is -0.492 e. The first-order valence-corrected chi connectivity index (χ1v) is 10.3. The molecule has 0 unspecified atom stereocenters. The van der Waals surface area contributed by atoms with Crippen LogP contribution in [0.4, 0.5) is 5.69 Å². The van der Waals surface area contributed by atoms with Gasteiger partial charge in [-0.05, 0) is 31.2 Å². The zero-order valence-corrected chi connectivity index (χ0v) is 18.5. The number of nitrogens with one attached hydrogen (secondary N) is 1. The van der Waals surface area contributed by atoms with Gasteiger partial charge in [0.1, 0.15) is 18.9 Å². The fourth-order valence-electron chi connectivity index (χ4n) is 2.63. The van der Waals surface area contributed by atoms with Crippen LogP contribution in [0.2, 0.25) is 0 Å². The van der Waals surface area contributed by atoms with Gasteiger partial charge in [0.15, 0.2) is 0 Å². The van der Waals surface area contributed by atoms with E-state index in [1.165, 1.54) is 16.4 Å². The first kappa shape index (κ1) is 23.7. The Morgan fingerprint density at radius 2 is 1.77 bits per heavy atom. The van der Waals surface area contributed by atoms with E-state index >= 15 is 0 Å². The molecule has 166 valence electrons. The maximum Gasteiger partial charge on any atom is 0.255 e. The zero-order chi connectivity index (χ0) is 22.6. The van der Waals surface area contributed by atoms with Crippen molar-refractivity contribution < 1.29 is 15.8 Å². The van der Waals surface area contributed by atoms with E-state index in [4.69, 9.17) is 4.74 Å². The quantitative estimate of drug-likeness (QED) is 0.586. The van der Waals surface area contributed by atoms with Crippen molar-refractivity contribution in [2.24, 2.45) is 0 Å². The number of hydrogen-bond donors (Lipinski definition) is 1. The molecule has 1 N–H and O–H groups in total. The third-order valence-electron chi connectivity index (χ3n) is 4.37. The molecule has 2 aromatic carbocycles. The van der Waals surface area contributed by atoms with Crippen molar-refractivity contribution >= 4 is 17.5 Å². The van der Waals surface area contributed by atoms with Crippen molar-refractivity contribution in [3.63, 3.8) is 0 Å². The highest BCUT2D eigenvalue weighted by Gasteiger charge is 2.12. The molecule has 7 heteroatoms. The summed E-state index contributed by atoms with van der Waals surface area (Å²) in [5.74, 6) is 0.464. The maximum absolute atomic E-state index is 12.4. The number of anilines is 1. The molecule has 31 heavy (non-hydrogen) atoms. The molecule has 0 saturated carbocycles. The summed E-state index contributed by atoms with van der Waals surface area (Å²) in [5, 5.41) is 6.91. The van der Waals surface area contributed by atoms with Crippen molar-refractivity contribution in [2.45, 2.75) is 27.3 Å². The largest absolute Gasteiger partial charge is 0.492 e. The first-order valence-electron chi connectivity index (χ1n) is 10.3. The van der Waals surface area contributed by atoms with Crippen molar-refractivity contribution in [3.8, 4) is 5.75 Å². The van der Waals surface area contributed by atoms with E-state index in [0.29, 0.717) is 24.4 Å². The second kappa shape index (κ2) is 12.2. The van der Waals surface area contributed by atoms with Crippen LogP contribution < -0.4 is 10.1 Å². The molecule has 0 aliphatic rings. The molecule has 2 amide bonds. The number of aromatic nitrogens is 2. The number of aryl methyl sites for hydroxylation is 1. The second-order valence-corrected chi connectivity index (χ2v) is 6.72. The third-order valence-corrected chi connectivity index (χ3v) is 4.37. The minimum absolute atomic E-state index is 0. The molecule has 7 nitrogen and oxygen atoms in total. The van der Waals surface area contributed by atoms with Crippen LogP contribution in [-0.2, 0) is 11.3 Å². The van der Waals surface area contributed by atoms with E-state index in [1.807, 2.05) is 51.1 Å². The molecular weight excluding hydrogens is 392 g/mol. The number of carbonyl (C=O) groups excluding carboxylic acids is 2. The summed E-state index contributed by atoms with van der Waals surface area (Å²) in [6.07, 6.45) is 3.16. The molecule has 0 aliphatic heterocycles. The molecule has 0 bridgehead atoms. The van der Waals surface area contributed by atoms with Gasteiger partial charge in [-0.3, -0.25) is 14.3 Å². The van der Waals surface area contributed by atoms with Gasteiger partial charge in [-0.25, -0.2) is 0 Å². The van der Waals surface area contributed by atoms with Crippen LogP contribution in [0, 0.1) is 6.92 Å². The van der Waals surface area contributed by atoms with Crippen LogP contribution in [0.15, 0.2) is 67.0 Å². The van der Waals surface area contributed by atoms with Crippen LogP contribution in [0.25, 0.3) is 0 Å². The van der Waals surface area contributed by atoms with Gasteiger partial charge in [-0.2, -0.15) is 5.10 Å². The van der Waals surface area contributed by atoms with Gasteiger partial charge in [0.2, 0.25) is 5.91 Å². The topological polar surface area (TPSA) is 76.5 Å². The molecule has 0 saturated heterocycles. The van der Waals surface area contributed by atoms with Gasteiger partial charge in [-0.15, -0.1) is 0 Å². The van der Waals surface area contributed by atoms with Crippen LogP contribution in [0.3, 0.4) is 0 Å². The maximum atomic E-state index is 12.4. The molecule has 0 fully saturated rings. The second-order valence-electron chi connectivity index (χ2n) is 6.72. The van der Waals surface area contributed by atoms with Gasteiger partial charge in [0, 0.05) is 20.2 Å². The van der Waals surface area contributed by atoms with E-state index in [1.54, 1.807) is 42.4 Å². The normalized spacial score (nSPS) is 9.94. The number of benzene rings is 2. The molecule has 0 radical (unpaired) electrons. The monoisotopic (exact) mass is 424 g/mol. The Balaban J connectivity index is 0.00000166. The molecule has 3 aromatic rings. The van der Waals surface area contributed by atoms with Crippen molar-refractivity contribution in [1.82, 2.24) is 14.7 Å². The molecule has 0 atom stereocenters. The van der Waals surface area contributed by atoms with E-state index < -0.39 is 0 Å². The standard InChI is InChI=1S/C22H24N4O3.C2H6.H2/c1-17-8-10-20(11-9-17)29-13-12-25(2)21(27)16-26-15-19(14-23-26)24-22(28)18-6-4-3-5-7-18;1-2;/h3-11,14-15H,12-13,16H2,1-2H3,(H,24,28);1-2H3;1H.